The number of nitrogens with one attached hydrogen (secondary N) is 1. The normalized spacial score (nSPS) is 26.2. The molecule has 0 aromatic carbocycles. The molecule has 22 heavy (non-hydrogen) atoms. The highest BCUT2D eigenvalue weighted by Crippen LogP contribution is 2.33. The van der Waals surface area contributed by atoms with E-state index >= 15 is 0 Å². The molecule has 2 atom stereocenters. The fourth-order valence-corrected chi connectivity index (χ4v) is 4.04. The maximum absolute atomic E-state index is 4.97. The van der Waals surface area contributed by atoms with E-state index in [2.05, 4.69) is 32.8 Å². The van der Waals surface area contributed by atoms with Crippen LogP contribution in [0.1, 0.15) is 38.1 Å². The van der Waals surface area contributed by atoms with Crippen LogP contribution in [0.4, 0.5) is 0 Å². The van der Waals surface area contributed by atoms with Crippen LogP contribution in [0.15, 0.2) is 18.3 Å². The van der Waals surface area contributed by atoms with Crippen molar-refractivity contribution in [2.45, 2.75) is 38.8 Å². The second-order valence-electron chi connectivity index (χ2n) is 6.57. The predicted octanol–water partition coefficient (Wildman–Crippen LogP) is 2.20. The van der Waals surface area contributed by atoms with Crippen molar-refractivity contribution in [1.82, 2.24) is 24.8 Å². The third kappa shape index (κ3) is 2.42. The molecule has 0 bridgehead atoms. The maximum Gasteiger partial charge on any atom is 0.160 e. The Kier molecular flexibility index (Phi) is 3.84. The summed E-state index contributed by atoms with van der Waals surface area (Å²) in [6, 6.07) is 4.56. The molecule has 2 fully saturated rings. The van der Waals surface area contributed by atoms with Crippen LogP contribution in [0, 0.1) is 5.92 Å². The molecule has 4 heterocycles. The Morgan fingerprint density at radius 1 is 1.36 bits per heavy atom. The number of hydrogen-bond acceptors (Lipinski definition) is 4. The van der Waals surface area contributed by atoms with Gasteiger partial charge >= 0.3 is 0 Å². The standard InChI is InChI=1S/C17H25N5/c1-2-21-10-4-6-15(21)17-20-14-5-3-8-19-16(14)22(17)12-13-7-9-18-11-13/h3,5,8,13,15,18H,2,4,6-7,9-12H2,1H3. The van der Waals surface area contributed by atoms with Crippen LogP contribution >= 0.6 is 0 Å². The largest absolute Gasteiger partial charge is 0.316 e. The van der Waals surface area contributed by atoms with E-state index in [0.29, 0.717) is 12.0 Å². The Bertz CT molecular complexity index is 644. The van der Waals surface area contributed by atoms with Crippen molar-refractivity contribution in [3.8, 4) is 0 Å². The van der Waals surface area contributed by atoms with Gasteiger partial charge in [0.25, 0.3) is 0 Å². The van der Waals surface area contributed by atoms with Crippen molar-refractivity contribution in [1.29, 1.82) is 0 Å². The van der Waals surface area contributed by atoms with Gasteiger partial charge in [-0.05, 0) is 63.5 Å². The van der Waals surface area contributed by atoms with Gasteiger partial charge in [-0.25, -0.2) is 9.97 Å². The van der Waals surface area contributed by atoms with E-state index in [9.17, 15) is 0 Å². The number of fused-ring (bicyclic) bond motifs is 1. The fraction of sp³-hybridized carbons (Fsp3) is 0.647. The molecule has 118 valence electrons. The molecule has 2 saturated heterocycles. The molecule has 2 aromatic heterocycles. The van der Waals surface area contributed by atoms with E-state index in [0.717, 1.165) is 37.3 Å². The van der Waals surface area contributed by atoms with Gasteiger partial charge in [-0.3, -0.25) is 4.90 Å². The average Bonchev–Trinajstić information content (AvgIpc) is 3.27. The zero-order valence-corrected chi connectivity index (χ0v) is 13.3. The van der Waals surface area contributed by atoms with E-state index in [4.69, 9.17) is 4.98 Å². The van der Waals surface area contributed by atoms with Gasteiger partial charge in [-0.1, -0.05) is 6.92 Å². The minimum Gasteiger partial charge on any atom is -0.316 e. The summed E-state index contributed by atoms with van der Waals surface area (Å²) in [5.74, 6) is 1.94. The first-order chi connectivity index (χ1) is 10.9. The summed E-state index contributed by atoms with van der Waals surface area (Å²) >= 11 is 0. The summed E-state index contributed by atoms with van der Waals surface area (Å²) in [7, 11) is 0. The number of rotatable bonds is 4. The van der Waals surface area contributed by atoms with Gasteiger partial charge in [0.2, 0.25) is 0 Å². The molecule has 2 aromatic rings. The van der Waals surface area contributed by atoms with Crippen LogP contribution in [-0.4, -0.2) is 45.6 Å². The lowest BCUT2D eigenvalue weighted by molar-refractivity contribution is 0.254. The average molecular weight is 299 g/mol. The molecule has 5 heteroatoms. The quantitative estimate of drug-likeness (QED) is 0.940. The minimum absolute atomic E-state index is 0.466. The van der Waals surface area contributed by atoms with Crippen LogP contribution in [0.3, 0.4) is 0 Å². The third-order valence-corrected chi connectivity index (χ3v) is 5.20. The van der Waals surface area contributed by atoms with Crippen LogP contribution in [0.2, 0.25) is 0 Å². The van der Waals surface area contributed by atoms with Gasteiger partial charge in [-0.2, -0.15) is 0 Å². The molecule has 2 aliphatic heterocycles. The monoisotopic (exact) mass is 299 g/mol. The van der Waals surface area contributed by atoms with Gasteiger partial charge in [0, 0.05) is 12.7 Å². The van der Waals surface area contributed by atoms with Crippen LogP contribution in [-0.2, 0) is 6.54 Å². The Balaban J connectivity index is 1.75. The van der Waals surface area contributed by atoms with Gasteiger partial charge in [0.15, 0.2) is 5.65 Å². The molecular weight excluding hydrogens is 274 g/mol. The third-order valence-electron chi connectivity index (χ3n) is 5.20. The molecule has 0 amide bonds. The zero-order chi connectivity index (χ0) is 14.9. The molecule has 0 radical (unpaired) electrons. The van der Waals surface area contributed by atoms with E-state index in [1.54, 1.807) is 0 Å². The van der Waals surface area contributed by atoms with Crippen molar-refractivity contribution >= 4 is 11.2 Å². The Hall–Kier alpha value is -1.46. The van der Waals surface area contributed by atoms with Gasteiger partial charge < -0.3 is 9.88 Å². The highest BCUT2D eigenvalue weighted by Gasteiger charge is 2.30. The summed E-state index contributed by atoms with van der Waals surface area (Å²) in [6.45, 7) is 7.86. The minimum atomic E-state index is 0.466. The van der Waals surface area contributed by atoms with Gasteiger partial charge in [-0.15, -0.1) is 0 Å². The molecule has 2 aliphatic rings. The van der Waals surface area contributed by atoms with Crippen LogP contribution in [0.5, 0.6) is 0 Å². The number of nitrogens with zero attached hydrogens (tertiary/aromatic N) is 4. The van der Waals surface area contributed by atoms with Crippen molar-refractivity contribution in [3.63, 3.8) is 0 Å². The van der Waals surface area contributed by atoms with Crippen LogP contribution < -0.4 is 5.32 Å². The summed E-state index contributed by atoms with van der Waals surface area (Å²) in [4.78, 5) is 12.2. The highest BCUT2D eigenvalue weighted by atomic mass is 15.2. The number of hydrogen-bond donors (Lipinski definition) is 1. The lowest BCUT2D eigenvalue weighted by atomic mass is 10.1. The van der Waals surface area contributed by atoms with Gasteiger partial charge in [0.1, 0.15) is 11.3 Å². The van der Waals surface area contributed by atoms with E-state index in [-0.39, 0.29) is 0 Å². The number of likely N-dealkylation sites (tertiary alicyclic amines) is 1. The van der Waals surface area contributed by atoms with E-state index < -0.39 is 0 Å². The Morgan fingerprint density at radius 3 is 3.14 bits per heavy atom. The predicted molar refractivity (Wildman–Crippen MR) is 87.7 cm³/mol. The Labute approximate surface area is 131 Å². The first kappa shape index (κ1) is 14.2. The van der Waals surface area contributed by atoms with Crippen LogP contribution in [0.25, 0.3) is 11.2 Å². The fourth-order valence-electron chi connectivity index (χ4n) is 4.04. The van der Waals surface area contributed by atoms with E-state index in [1.165, 1.54) is 31.6 Å². The number of aromatic nitrogens is 3. The molecule has 1 N–H and O–H groups in total. The summed E-state index contributed by atoms with van der Waals surface area (Å²) < 4.78 is 2.41. The second-order valence-corrected chi connectivity index (χ2v) is 6.57. The second kappa shape index (κ2) is 5.97. The Morgan fingerprint density at radius 2 is 2.32 bits per heavy atom. The summed E-state index contributed by atoms with van der Waals surface area (Å²) in [6.07, 6.45) is 5.65. The molecule has 0 spiro atoms. The molecule has 4 rings (SSSR count). The van der Waals surface area contributed by atoms with Crippen molar-refractivity contribution in [3.05, 3.63) is 24.2 Å². The molecular formula is C17H25N5. The van der Waals surface area contributed by atoms with E-state index in [1.807, 2.05) is 12.3 Å². The molecule has 0 aliphatic carbocycles. The van der Waals surface area contributed by atoms with Crippen molar-refractivity contribution in [2.75, 3.05) is 26.2 Å². The maximum atomic E-state index is 4.97. The molecule has 2 unspecified atom stereocenters. The molecule has 5 nitrogen and oxygen atoms in total. The van der Waals surface area contributed by atoms with Crippen molar-refractivity contribution in [2.24, 2.45) is 5.92 Å². The van der Waals surface area contributed by atoms with Gasteiger partial charge in [0.05, 0.1) is 6.04 Å². The van der Waals surface area contributed by atoms with Crippen molar-refractivity contribution < 1.29 is 0 Å². The topological polar surface area (TPSA) is 46.0 Å². The zero-order valence-electron chi connectivity index (χ0n) is 13.3. The summed E-state index contributed by atoms with van der Waals surface area (Å²) in [5.41, 5.74) is 2.11. The number of imidazole rings is 1. The lowest BCUT2D eigenvalue weighted by Gasteiger charge is -2.24. The SMILES string of the molecule is CCN1CCCC1c1nc2cccnc2n1CC1CCNC1. The summed E-state index contributed by atoms with van der Waals surface area (Å²) in [5, 5.41) is 3.48. The first-order valence-electron chi connectivity index (χ1n) is 8.62. The number of pyridine rings is 1. The molecule has 0 saturated carbocycles. The highest BCUT2D eigenvalue weighted by molar-refractivity contribution is 5.71. The smallest absolute Gasteiger partial charge is 0.160 e. The first-order valence-corrected chi connectivity index (χ1v) is 8.62. The lowest BCUT2D eigenvalue weighted by Crippen LogP contribution is -2.26.